The molecule has 2 rings (SSSR count). The lowest BCUT2D eigenvalue weighted by Gasteiger charge is -2.10. The Morgan fingerprint density at radius 2 is 1.95 bits per heavy atom. The van der Waals surface area contributed by atoms with Gasteiger partial charge in [0.1, 0.15) is 11.6 Å². The first-order valence-electron chi connectivity index (χ1n) is 5.50. The molecule has 0 aliphatic rings. The molecular formula is C13H11ClFNO3S. The number of rotatable bonds is 3. The number of halogens is 2. The van der Waals surface area contributed by atoms with Gasteiger partial charge in [0.05, 0.1) is 15.6 Å². The Labute approximate surface area is 120 Å². The molecule has 0 fully saturated rings. The molecule has 0 bridgehead atoms. The number of ether oxygens (including phenoxy) is 1. The predicted octanol–water partition coefficient (Wildman–Crippen LogP) is 3.26. The van der Waals surface area contributed by atoms with Crippen molar-refractivity contribution in [3.63, 3.8) is 0 Å². The largest absolute Gasteiger partial charge is 0.455 e. The van der Waals surface area contributed by atoms with E-state index in [4.69, 9.17) is 22.1 Å². The second-order valence-corrected chi connectivity index (χ2v) is 6.58. The first kappa shape index (κ1) is 14.6. The van der Waals surface area contributed by atoms with E-state index in [1.165, 1.54) is 24.3 Å². The zero-order valence-corrected chi connectivity index (χ0v) is 12.0. The van der Waals surface area contributed by atoms with Crippen LogP contribution < -0.4 is 10.5 Å². The number of sulfone groups is 1. The summed E-state index contributed by atoms with van der Waals surface area (Å²) < 4.78 is 41.5. The van der Waals surface area contributed by atoms with Crippen molar-refractivity contribution >= 4 is 27.1 Å². The Kier molecular flexibility index (Phi) is 3.87. The molecule has 0 unspecified atom stereocenters. The van der Waals surface area contributed by atoms with Crippen molar-refractivity contribution in [3.05, 3.63) is 47.2 Å². The van der Waals surface area contributed by atoms with Gasteiger partial charge in [0.2, 0.25) is 0 Å². The van der Waals surface area contributed by atoms with Crippen LogP contribution in [-0.2, 0) is 9.84 Å². The van der Waals surface area contributed by atoms with Crippen molar-refractivity contribution in [1.82, 2.24) is 0 Å². The Morgan fingerprint density at radius 3 is 2.60 bits per heavy atom. The van der Waals surface area contributed by atoms with E-state index in [0.717, 1.165) is 12.3 Å². The lowest BCUT2D eigenvalue weighted by molar-refractivity contribution is 0.481. The van der Waals surface area contributed by atoms with Gasteiger partial charge in [-0.2, -0.15) is 0 Å². The van der Waals surface area contributed by atoms with Gasteiger partial charge in [-0.3, -0.25) is 0 Å². The summed E-state index contributed by atoms with van der Waals surface area (Å²) >= 11 is 5.65. The van der Waals surface area contributed by atoms with E-state index in [9.17, 15) is 12.8 Å². The SMILES string of the molecule is CS(=O)(=O)c1cccc(Oc2cc(Cl)c(F)cc2N)c1. The van der Waals surface area contributed by atoms with E-state index in [-0.39, 0.29) is 27.1 Å². The summed E-state index contributed by atoms with van der Waals surface area (Å²) in [6.45, 7) is 0. The molecule has 2 N–H and O–H groups in total. The fourth-order valence-corrected chi connectivity index (χ4v) is 2.34. The van der Waals surface area contributed by atoms with Gasteiger partial charge in [-0.25, -0.2) is 12.8 Å². The van der Waals surface area contributed by atoms with Crippen molar-refractivity contribution in [2.24, 2.45) is 0 Å². The summed E-state index contributed by atoms with van der Waals surface area (Å²) in [5, 5.41) is -0.131. The fraction of sp³-hybridized carbons (Fsp3) is 0.0769. The standard InChI is InChI=1S/C13H11ClFNO3S/c1-20(17,18)9-4-2-3-8(5-9)19-13-6-10(14)11(15)7-12(13)16/h2-7H,16H2,1H3. The maximum absolute atomic E-state index is 13.2. The molecule has 0 spiro atoms. The van der Waals surface area contributed by atoms with Crippen LogP contribution in [0.15, 0.2) is 41.3 Å². The molecule has 0 aliphatic heterocycles. The average Bonchev–Trinajstić information content (AvgIpc) is 2.35. The average molecular weight is 316 g/mol. The smallest absolute Gasteiger partial charge is 0.175 e. The first-order valence-corrected chi connectivity index (χ1v) is 7.77. The molecule has 0 aromatic heterocycles. The summed E-state index contributed by atoms with van der Waals surface area (Å²) in [7, 11) is -3.34. The van der Waals surface area contributed by atoms with E-state index < -0.39 is 15.7 Å². The maximum atomic E-state index is 13.2. The Balaban J connectivity index is 2.38. The molecule has 106 valence electrons. The summed E-state index contributed by atoms with van der Waals surface area (Å²) in [4.78, 5) is 0.113. The van der Waals surface area contributed by atoms with Crippen LogP contribution in [0.1, 0.15) is 0 Å². The highest BCUT2D eigenvalue weighted by molar-refractivity contribution is 7.90. The normalized spacial score (nSPS) is 11.3. The van der Waals surface area contributed by atoms with Gasteiger partial charge in [0.25, 0.3) is 0 Å². The Morgan fingerprint density at radius 1 is 1.25 bits per heavy atom. The van der Waals surface area contributed by atoms with Gasteiger partial charge in [-0.1, -0.05) is 17.7 Å². The van der Waals surface area contributed by atoms with Crippen LogP contribution in [0.5, 0.6) is 11.5 Å². The second-order valence-electron chi connectivity index (χ2n) is 4.15. The van der Waals surface area contributed by atoms with Gasteiger partial charge in [-0.05, 0) is 18.2 Å². The number of benzene rings is 2. The lowest BCUT2D eigenvalue weighted by atomic mass is 10.3. The maximum Gasteiger partial charge on any atom is 0.175 e. The summed E-state index contributed by atoms with van der Waals surface area (Å²) in [5.74, 6) is -0.231. The van der Waals surface area contributed by atoms with E-state index in [2.05, 4.69) is 0 Å². The van der Waals surface area contributed by atoms with Crippen LogP contribution >= 0.6 is 11.6 Å². The van der Waals surface area contributed by atoms with E-state index in [1.807, 2.05) is 0 Å². The van der Waals surface area contributed by atoms with Crippen LogP contribution in [0, 0.1) is 5.82 Å². The lowest BCUT2D eigenvalue weighted by Crippen LogP contribution is -1.98. The second kappa shape index (κ2) is 5.30. The Bertz CT molecular complexity index is 762. The number of anilines is 1. The molecule has 0 saturated heterocycles. The third-order valence-electron chi connectivity index (χ3n) is 2.51. The third kappa shape index (κ3) is 3.20. The molecule has 0 aliphatic carbocycles. The topological polar surface area (TPSA) is 69.4 Å². The summed E-state index contributed by atoms with van der Waals surface area (Å²) in [5.41, 5.74) is 5.69. The van der Waals surface area contributed by atoms with Crippen LogP contribution in [-0.4, -0.2) is 14.7 Å². The number of hydrogen-bond donors (Lipinski definition) is 1. The molecule has 20 heavy (non-hydrogen) atoms. The molecule has 0 saturated carbocycles. The molecule has 0 heterocycles. The minimum Gasteiger partial charge on any atom is -0.455 e. The van der Waals surface area contributed by atoms with Crippen LogP contribution in [0.3, 0.4) is 0 Å². The van der Waals surface area contributed by atoms with Crippen LogP contribution in [0.2, 0.25) is 5.02 Å². The number of nitrogen functional groups attached to an aromatic ring is 1. The zero-order valence-electron chi connectivity index (χ0n) is 10.4. The number of nitrogens with two attached hydrogens (primary N) is 1. The molecule has 0 amide bonds. The van der Waals surface area contributed by atoms with E-state index >= 15 is 0 Å². The van der Waals surface area contributed by atoms with Crippen LogP contribution in [0.25, 0.3) is 0 Å². The van der Waals surface area contributed by atoms with Crippen molar-refractivity contribution in [3.8, 4) is 11.5 Å². The highest BCUT2D eigenvalue weighted by atomic mass is 35.5. The summed E-state index contributed by atoms with van der Waals surface area (Å²) in [6.07, 6.45) is 1.09. The fourth-order valence-electron chi connectivity index (χ4n) is 1.53. The quantitative estimate of drug-likeness (QED) is 0.883. The van der Waals surface area contributed by atoms with E-state index in [1.54, 1.807) is 6.07 Å². The predicted molar refractivity (Wildman–Crippen MR) is 75.4 cm³/mol. The van der Waals surface area contributed by atoms with Crippen LogP contribution in [0.4, 0.5) is 10.1 Å². The molecule has 2 aromatic rings. The monoisotopic (exact) mass is 315 g/mol. The van der Waals surface area contributed by atoms with Gasteiger partial charge < -0.3 is 10.5 Å². The Hall–Kier alpha value is -1.79. The molecule has 7 heteroatoms. The van der Waals surface area contributed by atoms with Crippen molar-refractivity contribution in [2.75, 3.05) is 12.0 Å². The summed E-state index contributed by atoms with van der Waals surface area (Å²) in [6, 6.07) is 8.17. The zero-order chi connectivity index (χ0) is 14.9. The highest BCUT2D eigenvalue weighted by Gasteiger charge is 2.11. The molecular weight excluding hydrogens is 305 g/mol. The van der Waals surface area contributed by atoms with Gasteiger partial charge in [-0.15, -0.1) is 0 Å². The molecule has 0 atom stereocenters. The highest BCUT2D eigenvalue weighted by Crippen LogP contribution is 2.32. The molecule has 2 aromatic carbocycles. The van der Waals surface area contributed by atoms with Crippen molar-refractivity contribution in [1.29, 1.82) is 0 Å². The van der Waals surface area contributed by atoms with Gasteiger partial charge in [0.15, 0.2) is 15.6 Å². The van der Waals surface area contributed by atoms with Crippen molar-refractivity contribution in [2.45, 2.75) is 4.90 Å². The minimum absolute atomic E-state index is 0.0664. The third-order valence-corrected chi connectivity index (χ3v) is 3.91. The van der Waals surface area contributed by atoms with Gasteiger partial charge >= 0.3 is 0 Å². The first-order chi connectivity index (χ1) is 9.27. The number of hydrogen-bond acceptors (Lipinski definition) is 4. The van der Waals surface area contributed by atoms with Gasteiger partial charge in [0, 0.05) is 18.4 Å². The minimum atomic E-state index is -3.34. The molecule has 0 radical (unpaired) electrons. The molecule has 4 nitrogen and oxygen atoms in total. The van der Waals surface area contributed by atoms with Crippen molar-refractivity contribution < 1.29 is 17.5 Å². The van der Waals surface area contributed by atoms with E-state index in [0.29, 0.717) is 0 Å².